The van der Waals surface area contributed by atoms with Gasteiger partial charge in [0.05, 0.1) is 6.04 Å². The molecule has 0 saturated heterocycles. The Kier molecular flexibility index (Phi) is 4.86. The molecule has 3 rings (SSSR count). The molecule has 0 heterocycles. The lowest BCUT2D eigenvalue weighted by Gasteiger charge is -2.26. The maximum Gasteiger partial charge on any atom is 0.220 e. The van der Waals surface area contributed by atoms with Crippen molar-refractivity contribution in [3.05, 3.63) is 70.8 Å². The minimum atomic E-state index is 0.0890. The molecule has 1 aliphatic rings. The summed E-state index contributed by atoms with van der Waals surface area (Å²) in [5.41, 5.74) is 4.36. The molecule has 0 aromatic heterocycles. The Balaban J connectivity index is 1.56. The predicted molar refractivity (Wildman–Crippen MR) is 90.4 cm³/mol. The Morgan fingerprint density at radius 1 is 1.13 bits per heavy atom. The monoisotopic (exact) mass is 307 g/mol. The molecule has 1 N–H and O–H groups in total. The number of carbonyl (C=O) groups is 2. The Morgan fingerprint density at radius 2 is 1.91 bits per heavy atom. The fraction of sp³-hybridized carbons (Fsp3) is 0.300. The van der Waals surface area contributed by atoms with Crippen molar-refractivity contribution in [1.29, 1.82) is 0 Å². The van der Waals surface area contributed by atoms with Crippen molar-refractivity contribution in [2.24, 2.45) is 0 Å². The van der Waals surface area contributed by atoms with Gasteiger partial charge >= 0.3 is 0 Å². The quantitative estimate of drug-likeness (QED) is 0.857. The number of nitrogens with one attached hydrogen (secondary N) is 1. The molecule has 1 aliphatic carbocycles. The van der Waals surface area contributed by atoms with Crippen LogP contribution in [0.5, 0.6) is 0 Å². The van der Waals surface area contributed by atoms with Gasteiger partial charge < -0.3 is 5.32 Å². The van der Waals surface area contributed by atoms with Crippen LogP contribution in [-0.2, 0) is 17.6 Å². The molecular formula is C20H21NO2. The van der Waals surface area contributed by atoms with Gasteiger partial charge in [-0.1, -0.05) is 48.5 Å². The van der Waals surface area contributed by atoms with Crippen LogP contribution >= 0.6 is 0 Å². The van der Waals surface area contributed by atoms with Crippen LogP contribution in [0.15, 0.2) is 48.5 Å². The van der Waals surface area contributed by atoms with Crippen LogP contribution < -0.4 is 5.32 Å². The SMILES string of the molecule is O=Cc1ccc(CCC(=O)NC2CCCc3ccccc32)cc1. The summed E-state index contributed by atoms with van der Waals surface area (Å²) >= 11 is 0. The lowest BCUT2D eigenvalue weighted by molar-refractivity contribution is -0.121. The van der Waals surface area contributed by atoms with Gasteiger partial charge in [-0.05, 0) is 42.4 Å². The first-order valence-corrected chi connectivity index (χ1v) is 8.17. The van der Waals surface area contributed by atoms with E-state index in [0.29, 0.717) is 18.4 Å². The van der Waals surface area contributed by atoms with E-state index in [-0.39, 0.29) is 11.9 Å². The van der Waals surface area contributed by atoms with Crippen molar-refractivity contribution in [1.82, 2.24) is 5.32 Å². The molecule has 0 fully saturated rings. The standard InChI is InChI=1S/C20H21NO2/c22-14-16-10-8-15(9-11-16)12-13-20(23)21-19-7-3-5-17-4-1-2-6-18(17)19/h1-2,4,6,8-11,14,19H,3,5,7,12-13H2,(H,21,23). The highest BCUT2D eigenvalue weighted by atomic mass is 16.1. The van der Waals surface area contributed by atoms with Crippen molar-refractivity contribution >= 4 is 12.2 Å². The molecule has 1 amide bonds. The first-order valence-electron chi connectivity index (χ1n) is 8.17. The average molecular weight is 307 g/mol. The van der Waals surface area contributed by atoms with Gasteiger partial charge in [0, 0.05) is 12.0 Å². The van der Waals surface area contributed by atoms with Gasteiger partial charge in [-0.25, -0.2) is 0 Å². The highest BCUT2D eigenvalue weighted by Gasteiger charge is 2.21. The van der Waals surface area contributed by atoms with Crippen molar-refractivity contribution in [3.63, 3.8) is 0 Å². The van der Waals surface area contributed by atoms with E-state index in [2.05, 4.69) is 23.5 Å². The van der Waals surface area contributed by atoms with Crippen LogP contribution in [0.2, 0.25) is 0 Å². The van der Waals surface area contributed by atoms with E-state index in [1.807, 2.05) is 18.2 Å². The Hall–Kier alpha value is -2.42. The summed E-state index contributed by atoms with van der Waals surface area (Å²) in [6, 6.07) is 15.9. The topological polar surface area (TPSA) is 46.2 Å². The molecule has 0 saturated carbocycles. The Morgan fingerprint density at radius 3 is 2.70 bits per heavy atom. The average Bonchev–Trinajstić information content (AvgIpc) is 2.61. The summed E-state index contributed by atoms with van der Waals surface area (Å²) in [6.45, 7) is 0. The zero-order chi connectivity index (χ0) is 16.1. The number of aldehydes is 1. The van der Waals surface area contributed by atoms with Gasteiger partial charge in [0.1, 0.15) is 6.29 Å². The Bertz CT molecular complexity index is 691. The molecule has 3 heteroatoms. The summed E-state index contributed by atoms with van der Waals surface area (Å²) in [7, 11) is 0. The van der Waals surface area contributed by atoms with Gasteiger partial charge in [0.2, 0.25) is 5.91 Å². The predicted octanol–water partition coefficient (Wildman–Crippen LogP) is 3.63. The van der Waals surface area contributed by atoms with Gasteiger partial charge in [0.25, 0.3) is 0 Å². The zero-order valence-electron chi connectivity index (χ0n) is 13.1. The molecule has 3 nitrogen and oxygen atoms in total. The lowest BCUT2D eigenvalue weighted by atomic mass is 9.87. The first-order chi connectivity index (χ1) is 11.3. The molecule has 2 aromatic carbocycles. The Labute approximate surface area is 136 Å². The highest BCUT2D eigenvalue weighted by molar-refractivity contribution is 5.77. The summed E-state index contributed by atoms with van der Waals surface area (Å²) in [5, 5.41) is 3.17. The zero-order valence-corrected chi connectivity index (χ0v) is 13.1. The van der Waals surface area contributed by atoms with Crippen molar-refractivity contribution in [3.8, 4) is 0 Å². The minimum Gasteiger partial charge on any atom is -0.349 e. The summed E-state index contributed by atoms with van der Waals surface area (Å²) in [6.07, 6.45) is 5.23. The van der Waals surface area contributed by atoms with Gasteiger partial charge in [-0.3, -0.25) is 9.59 Å². The van der Waals surface area contributed by atoms with Crippen LogP contribution in [0.1, 0.15) is 52.4 Å². The maximum absolute atomic E-state index is 12.3. The highest BCUT2D eigenvalue weighted by Crippen LogP contribution is 2.29. The second kappa shape index (κ2) is 7.23. The molecule has 0 bridgehead atoms. The summed E-state index contributed by atoms with van der Waals surface area (Å²) in [5.74, 6) is 0.0890. The molecule has 1 unspecified atom stereocenters. The van der Waals surface area contributed by atoms with E-state index < -0.39 is 0 Å². The third-order valence-electron chi connectivity index (χ3n) is 4.46. The van der Waals surface area contributed by atoms with Crippen LogP contribution in [0.3, 0.4) is 0 Å². The lowest BCUT2D eigenvalue weighted by Crippen LogP contribution is -2.31. The summed E-state index contributed by atoms with van der Waals surface area (Å²) in [4.78, 5) is 22.9. The van der Waals surface area contributed by atoms with E-state index >= 15 is 0 Å². The van der Waals surface area contributed by atoms with E-state index in [9.17, 15) is 9.59 Å². The van der Waals surface area contributed by atoms with Crippen LogP contribution in [-0.4, -0.2) is 12.2 Å². The molecular weight excluding hydrogens is 286 g/mol. The second-order valence-corrected chi connectivity index (χ2v) is 6.07. The van der Waals surface area contributed by atoms with Crippen LogP contribution in [0.25, 0.3) is 0 Å². The fourth-order valence-corrected chi connectivity index (χ4v) is 3.19. The normalized spacial score (nSPS) is 16.4. The minimum absolute atomic E-state index is 0.0890. The van der Waals surface area contributed by atoms with E-state index in [1.165, 1.54) is 11.1 Å². The molecule has 23 heavy (non-hydrogen) atoms. The third kappa shape index (κ3) is 3.86. The molecule has 0 aliphatic heterocycles. The van der Waals surface area contributed by atoms with Crippen LogP contribution in [0.4, 0.5) is 0 Å². The van der Waals surface area contributed by atoms with Crippen molar-refractivity contribution < 1.29 is 9.59 Å². The smallest absolute Gasteiger partial charge is 0.220 e. The number of hydrogen-bond donors (Lipinski definition) is 1. The number of amides is 1. The van der Waals surface area contributed by atoms with Crippen LogP contribution in [0, 0.1) is 0 Å². The number of benzene rings is 2. The van der Waals surface area contributed by atoms with Gasteiger partial charge in [-0.2, -0.15) is 0 Å². The molecule has 0 spiro atoms. The number of carbonyl (C=O) groups excluding carboxylic acids is 2. The largest absolute Gasteiger partial charge is 0.349 e. The van der Waals surface area contributed by atoms with E-state index in [4.69, 9.17) is 0 Å². The molecule has 1 atom stereocenters. The second-order valence-electron chi connectivity index (χ2n) is 6.07. The number of rotatable bonds is 5. The maximum atomic E-state index is 12.3. The number of hydrogen-bond acceptors (Lipinski definition) is 2. The fourth-order valence-electron chi connectivity index (χ4n) is 3.19. The molecule has 0 radical (unpaired) electrons. The third-order valence-corrected chi connectivity index (χ3v) is 4.46. The van der Waals surface area contributed by atoms with E-state index in [0.717, 1.165) is 31.1 Å². The molecule has 118 valence electrons. The first kappa shape index (κ1) is 15.5. The summed E-state index contributed by atoms with van der Waals surface area (Å²) < 4.78 is 0. The number of fused-ring (bicyclic) bond motifs is 1. The van der Waals surface area contributed by atoms with Gasteiger partial charge in [-0.15, -0.1) is 0 Å². The van der Waals surface area contributed by atoms with Crippen molar-refractivity contribution in [2.75, 3.05) is 0 Å². The van der Waals surface area contributed by atoms with Gasteiger partial charge in [0.15, 0.2) is 0 Å². The molecule has 2 aromatic rings. The number of aryl methyl sites for hydroxylation is 2. The van der Waals surface area contributed by atoms with Crippen molar-refractivity contribution in [2.45, 2.75) is 38.1 Å². The van der Waals surface area contributed by atoms with E-state index in [1.54, 1.807) is 12.1 Å².